The van der Waals surface area contributed by atoms with Crippen molar-refractivity contribution < 1.29 is 29.0 Å². The lowest BCUT2D eigenvalue weighted by Crippen LogP contribution is -2.52. The number of imide groups is 1. The van der Waals surface area contributed by atoms with Crippen LogP contribution in [-0.4, -0.2) is 75.8 Å². The molecular formula is C40H38ClFN4O5. The number of phenolic OH excluding ortho intramolecular Hbond substituents is 2. The lowest BCUT2D eigenvalue weighted by molar-refractivity contribution is -0.136. The van der Waals surface area contributed by atoms with Crippen molar-refractivity contribution >= 4 is 46.2 Å². The number of rotatable bonds is 9. The molecule has 0 aliphatic carbocycles. The molecule has 262 valence electrons. The van der Waals surface area contributed by atoms with Gasteiger partial charge in [-0.1, -0.05) is 42.5 Å². The molecule has 11 heteroatoms. The number of allylic oxidation sites excluding steroid dienone is 1. The number of aromatic hydroxyl groups is 2. The van der Waals surface area contributed by atoms with Gasteiger partial charge in [0.05, 0.1) is 6.54 Å². The summed E-state index contributed by atoms with van der Waals surface area (Å²) >= 11 is 6.30. The molecule has 7 rings (SSSR count). The highest BCUT2D eigenvalue weighted by Crippen LogP contribution is 2.37. The molecule has 0 bridgehead atoms. The lowest BCUT2D eigenvalue weighted by Gasteiger charge is -2.36. The predicted octanol–water partition coefficient (Wildman–Crippen LogP) is 5.91. The summed E-state index contributed by atoms with van der Waals surface area (Å²) in [6, 6.07) is 25.2. The monoisotopic (exact) mass is 708 g/mol. The number of nitrogens with one attached hydrogen (secondary N) is 1. The molecule has 1 atom stereocenters. The van der Waals surface area contributed by atoms with E-state index in [4.69, 9.17) is 11.6 Å². The van der Waals surface area contributed by atoms with Gasteiger partial charge in [-0.15, -0.1) is 11.6 Å². The van der Waals surface area contributed by atoms with Crippen LogP contribution in [-0.2, 0) is 22.7 Å². The van der Waals surface area contributed by atoms with Crippen LogP contribution in [0.3, 0.4) is 0 Å². The molecule has 0 aromatic heterocycles. The molecule has 3 amide bonds. The number of carbonyl (C=O) groups is 3. The Hall–Kier alpha value is -5.19. The van der Waals surface area contributed by atoms with Crippen LogP contribution in [0.1, 0.15) is 57.4 Å². The standard InChI is InChI=1S/C40H38ClFN4O5/c41-18-17-32(25-3-10-30(47)11-4-25)37(27-5-12-31(48)13-6-27)26-1-8-29(9-2-26)45-21-19-44(20-22-45)23-28-7-14-33-34(38(28)42)24-46(40(33)51)35-15-16-36(49)43-39(35)50/h1-14,35,47-48H,15-24H2,(H,43,49,50). The molecule has 3 N–H and O–H groups in total. The lowest BCUT2D eigenvalue weighted by atomic mass is 9.88. The first kappa shape index (κ1) is 34.3. The summed E-state index contributed by atoms with van der Waals surface area (Å²) in [7, 11) is 0. The smallest absolute Gasteiger partial charge is 0.255 e. The molecule has 2 saturated heterocycles. The van der Waals surface area contributed by atoms with E-state index in [0.717, 1.165) is 59.7 Å². The van der Waals surface area contributed by atoms with E-state index in [1.807, 2.05) is 24.3 Å². The molecule has 3 aliphatic heterocycles. The summed E-state index contributed by atoms with van der Waals surface area (Å²) in [5, 5.41) is 22.2. The first-order chi connectivity index (χ1) is 24.7. The second-order valence-electron chi connectivity index (χ2n) is 13.2. The SMILES string of the molecule is O=C1CCC(N2Cc3c(ccc(CN4CCN(c5ccc(C(=C(CCCl)c6ccc(O)cc6)c6ccc(O)cc6)cc5)CC4)c3F)C2=O)C(=O)N1. The zero-order chi connectivity index (χ0) is 35.6. The number of hydrogen-bond acceptors (Lipinski definition) is 7. The largest absolute Gasteiger partial charge is 0.508 e. The number of piperidine rings is 1. The van der Waals surface area contributed by atoms with Crippen LogP contribution < -0.4 is 10.2 Å². The van der Waals surface area contributed by atoms with E-state index < -0.39 is 17.8 Å². The highest BCUT2D eigenvalue weighted by Gasteiger charge is 2.40. The quantitative estimate of drug-likeness (QED) is 0.113. The van der Waals surface area contributed by atoms with Gasteiger partial charge in [0.15, 0.2) is 0 Å². The number of amides is 3. The fraction of sp³-hybridized carbons (Fsp3) is 0.275. The van der Waals surface area contributed by atoms with Crippen molar-refractivity contribution in [1.29, 1.82) is 0 Å². The Morgan fingerprint density at radius 2 is 1.41 bits per heavy atom. The van der Waals surface area contributed by atoms with Crippen LogP contribution in [0.15, 0.2) is 84.9 Å². The van der Waals surface area contributed by atoms with Gasteiger partial charge in [0.2, 0.25) is 11.8 Å². The number of hydrogen-bond donors (Lipinski definition) is 3. The fourth-order valence-corrected chi connectivity index (χ4v) is 7.52. The van der Waals surface area contributed by atoms with Gasteiger partial charge in [-0.25, -0.2) is 4.39 Å². The van der Waals surface area contributed by atoms with Crippen LogP contribution in [0.4, 0.5) is 10.1 Å². The summed E-state index contributed by atoms with van der Waals surface area (Å²) in [6.07, 6.45) is 0.983. The number of benzene rings is 4. The number of piperazine rings is 1. The molecule has 3 heterocycles. The first-order valence-electron chi connectivity index (χ1n) is 17.1. The van der Waals surface area contributed by atoms with Crippen molar-refractivity contribution in [2.75, 3.05) is 37.0 Å². The second kappa shape index (κ2) is 14.6. The normalized spacial score (nSPS) is 18.5. The van der Waals surface area contributed by atoms with E-state index >= 15 is 4.39 Å². The molecule has 9 nitrogen and oxygen atoms in total. The Morgan fingerprint density at radius 1 is 0.804 bits per heavy atom. The zero-order valence-electron chi connectivity index (χ0n) is 27.9. The van der Waals surface area contributed by atoms with Crippen LogP contribution >= 0.6 is 11.6 Å². The minimum atomic E-state index is -0.782. The van der Waals surface area contributed by atoms with Crippen molar-refractivity contribution in [3.8, 4) is 11.5 Å². The summed E-state index contributed by atoms with van der Waals surface area (Å²) in [6.45, 7) is 3.35. The number of fused-ring (bicyclic) bond motifs is 1. The molecule has 51 heavy (non-hydrogen) atoms. The minimum absolute atomic E-state index is 0.00977. The molecule has 0 radical (unpaired) electrons. The Morgan fingerprint density at radius 3 is 2.02 bits per heavy atom. The highest BCUT2D eigenvalue weighted by molar-refractivity contribution is 6.18. The van der Waals surface area contributed by atoms with E-state index in [9.17, 15) is 24.6 Å². The van der Waals surface area contributed by atoms with Crippen molar-refractivity contribution in [2.24, 2.45) is 0 Å². The highest BCUT2D eigenvalue weighted by atomic mass is 35.5. The first-order valence-corrected chi connectivity index (χ1v) is 17.6. The van der Waals surface area contributed by atoms with Crippen molar-refractivity contribution in [3.05, 3.63) is 124 Å². The van der Waals surface area contributed by atoms with Crippen molar-refractivity contribution in [1.82, 2.24) is 15.1 Å². The molecule has 2 fully saturated rings. The van der Waals surface area contributed by atoms with Crippen LogP contribution in [0.2, 0.25) is 0 Å². The summed E-state index contributed by atoms with van der Waals surface area (Å²) in [5.74, 6) is -0.887. The maximum absolute atomic E-state index is 15.8. The third-order valence-corrected chi connectivity index (χ3v) is 10.2. The van der Waals surface area contributed by atoms with Crippen molar-refractivity contribution in [3.63, 3.8) is 0 Å². The summed E-state index contributed by atoms with van der Waals surface area (Å²) in [4.78, 5) is 43.0. The molecule has 3 aliphatic rings. The van der Waals surface area contributed by atoms with E-state index in [-0.39, 0.29) is 48.3 Å². The average Bonchev–Trinajstić information content (AvgIpc) is 3.47. The van der Waals surface area contributed by atoms with Gasteiger partial charge in [-0.2, -0.15) is 0 Å². The van der Waals surface area contributed by atoms with E-state index in [1.54, 1.807) is 36.4 Å². The average molecular weight is 709 g/mol. The van der Waals surface area contributed by atoms with Gasteiger partial charge in [0, 0.05) is 67.4 Å². The van der Waals surface area contributed by atoms with Gasteiger partial charge in [0.1, 0.15) is 23.4 Å². The van der Waals surface area contributed by atoms with Crippen LogP contribution in [0.5, 0.6) is 11.5 Å². The minimum Gasteiger partial charge on any atom is -0.508 e. The number of nitrogens with zero attached hydrogens (tertiary/aromatic N) is 3. The number of anilines is 1. The Kier molecular flexibility index (Phi) is 9.79. The van der Waals surface area contributed by atoms with E-state index in [0.29, 0.717) is 30.0 Å². The molecule has 4 aromatic carbocycles. The summed E-state index contributed by atoms with van der Waals surface area (Å²) < 4.78 is 15.8. The predicted molar refractivity (Wildman–Crippen MR) is 194 cm³/mol. The number of carbonyl (C=O) groups excluding carboxylic acids is 3. The molecule has 0 saturated carbocycles. The number of alkyl halides is 1. The number of halogens is 2. The van der Waals surface area contributed by atoms with Gasteiger partial charge in [0.25, 0.3) is 5.91 Å². The van der Waals surface area contributed by atoms with Gasteiger partial charge in [-0.3, -0.25) is 24.6 Å². The van der Waals surface area contributed by atoms with Crippen molar-refractivity contribution in [2.45, 2.75) is 38.4 Å². The second-order valence-corrected chi connectivity index (χ2v) is 13.5. The van der Waals surface area contributed by atoms with Gasteiger partial charge in [-0.05, 0) is 83.1 Å². The summed E-state index contributed by atoms with van der Waals surface area (Å²) in [5.41, 5.74) is 7.08. The topological polar surface area (TPSA) is 113 Å². The molecular weight excluding hydrogens is 671 g/mol. The maximum atomic E-state index is 15.8. The third-order valence-electron chi connectivity index (χ3n) is 10.0. The molecule has 4 aromatic rings. The fourth-order valence-electron chi connectivity index (χ4n) is 7.33. The van der Waals surface area contributed by atoms with E-state index in [1.165, 1.54) is 4.90 Å². The van der Waals surface area contributed by atoms with E-state index in [2.05, 4.69) is 39.4 Å². The molecule has 0 spiro atoms. The Bertz CT molecular complexity index is 1990. The molecule has 1 unspecified atom stereocenters. The third kappa shape index (κ3) is 7.07. The van der Waals surface area contributed by atoms with Crippen LogP contribution in [0, 0.1) is 5.82 Å². The Balaban J connectivity index is 1.04. The maximum Gasteiger partial charge on any atom is 0.255 e. The zero-order valence-corrected chi connectivity index (χ0v) is 28.7. The van der Waals surface area contributed by atoms with Gasteiger partial charge >= 0.3 is 0 Å². The van der Waals surface area contributed by atoms with Gasteiger partial charge < -0.3 is 20.0 Å². The number of phenols is 2. The van der Waals surface area contributed by atoms with Crippen LogP contribution in [0.25, 0.3) is 11.1 Å². The Labute approximate surface area is 300 Å².